The Kier molecular flexibility index (Phi) is 9.15. The molecule has 2 rings (SSSR count). The molecule has 0 aliphatic rings. The molecular weight excluding hydrogens is 398 g/mol. The van der Waals surface area contributed by atoms with E-state index in [4.69, 9.17) is 24.7 Å². The van der Waals surface area contributed by atoms with Gasteiger partial charge in [-0.3, -0.25) is 4.79 Å². The first-order valence-corrected chi connectivity index (χ1v) is 10.4. The van der Waals surface area contributed by atoms with Crippen LogP contribution in [0.15, 0.2) is 36.4 Å². The molecule has 31 heavy (non-hydrogen) atoms. The third kappa shape index (κ3) is 6.87. The van der Waals surface area contributed by atoms with Gasteiger partial charge in [-0.15, -0.1) is 0 Å². The molecule has 1 unspecified atom stereocenters. The van der Waals surface area contributed by atoms with E-state index in [1.165, 1.54) is 0 Å². The van der Waals surface area contributed by atoms with E-state index in [1.54, 1.807) is 45.6 Å². The summed E-state index contributed by atoms with van der Waals surface area (Å²) in [6.07, 6.45) is 2.91. The van der Waals surface area contributed by atoms with Gasteiger partial charge in [0.2, 0.25) is 5.75 Å². The zero-order valence-corrected chi connectivity index (χ0v) is 18.8. The van der Waals surface area contributed by atoms with Crippen LogP contribution in [0.5, 0.6) is 23.0 Å². The highest BCUT2D eigenvalue weighted by molar-refractivity contribution is 5.98. The van der Waals surface area contributed by atoms with Crippen LogP contribution in [0.4, 0.5) is 0 Å². The van der Waals surface area contributed by atoms with Crippen molar-refractivity contribution >= 4 is 5.78 Å². The standard InChI is InChI=1S/C24H33NO6/c1-5-6-13-24(25,27)16-31-20-10-8-7-9-18(20)19(26)12-11-17-14-21(28-2)23(30-4)22(15-17)29-3/h7-10,14-15,27H,5-6,11-13,16,25H2,1-4H3. The number of benzene rings is 2. The van der Waals surface area contributed by atoms with E-state index >= 15 is 0 Å². The van der Waals surface area contributed by atoms with E-state index in [0.717, 1.165) is 18.4 Å². The first-order valence-electron chi connectivity index (χ1n) is 10.4. The minimum atomic E-state index is -1.43. The molecule has 0 bridgehead atoms. The molecule has 0 aromatic heterocycles. The maximum atomic E-state index is 12.9. The molecule has 3 N–H and O–H groups in total. The number of para-hydroxylation sites is 1. The Bertz CT molecular complexity index is 840. The number of rotatable bonds is 13. The normalized spacial score (nSPS) is 12.7. The van der Waals surface area contributed by atoms with E-state index in [1.807, 2.05) is 19.1 Å². The number of ether oxygens (including phenoxy) is 4. The zero-order valence-electron chi connectivity index (χ0n) is 18.8. The molecule has 0 aliphatic heterocycles. The fourth-order valence-corrected chi connectivity index (χ4v) is 3.25. The lowest BCUT2D eigenvalue weighted by Gasteiger charge is -2.23. The average Bonchev–Trinajstić information content (AvgIpc) is 2.79. The lowest BCUT2D eigenvalue weighted by atomic mass is 10.0. The summed E-state index contributed by atoms with van der Waals surface area (Å²) in [5.41, 5.74) is 5.82. The summed E-state index contributed by atoms with van der Waals surface area (Å²) in [7, 11) is 4.66. The number of ketones is 1. The molecule has 0 fully saturated rings. The highest BCUT2D eigenvalue weighted by Crippen LogP contribution is 2.38. The van der Waals surface area contributed by atoms with Crippen LogP contribution < -0.4 is 24.7 Å². The Morgan fingerprint density at radius 2 is 1.68 bits per heavy atom. The van der Waals surface area contributed by atoms with Crippen LogP contribution in [0.3, 0.4) is 0 Å². The van der Waals surface area contributed by atoms with E-state index in [0.29, 0.717) is 41.4 Å². The van der Waals surface area contributed by atoms with Crippen LogP contribution in [-0.2, 0) is 6.42 Å². The second-order valence-electron chi connectivity index (χ2n) is 7.45. The van der Waals surface area contributed by atoms with Crippen molar-refractivity contribution < 1.29 is 28.8 Å². The van der Waals surface area contributed by atoms with Gasteiger partial charge in [0.1, 0.15) is 18.1 Å². The molecule has 7 heteroatoms. The number of unbranched alkanes of at least 4 members (excludes halogenated alkanes) is 1. The molecule has 2 aromatic rings. The van der Waals surface area contributed by atoms with Gasteiger partial charge in [-0.2, -0.15) is 0 Å². The first kappa shape index (κ1) is 24.5. The van der Waals surface area contributed by atoms with E-state index in [2.05, 4.69) is 0 Å². The van der Waals surface area contributed by atoms with Crippen LogP contribution in [0.1, 0.15) is 48.5 Å². The number of aryl methyl sites for hydroxylation is 1. The number of aliphatic hydroxyl groups is 1. The number of carbonyl (C=O) groups excluding carboxylic acids is 1. The van der Waals surface area contributed by atoms with Crippen LogP contribution in [0.2, 0.25) is 0 Å². The Morgan fingerprint density at radius 3 is 2.26 bits per heavy atom. The number of Topliss-reactive ketones (excluding diaryl/α,β-unsaturated/α-hetero) is 1. The van der Waals surface area contributed by atoms with Crippen LogP contribution in [0.25, 0.3) is 0 Å². The molecule has 2 aromatic carbocycles. The van der Waals surface area contributed by atoms with Gasteiger partial charge >= 0.3 is 0 Å². The summed E-state index contributed by atoms with van der Waals surface area (Å²) in [5.74, 6) is 1.94. The monoisotopic (exact) mass is 431 g/mol. The minimum Gasteiger partial charge on any atom is -0.493 e. The first-order chi connectivity index (χ1) is 14.8. The van der Waals surface area contributed by atoms with Crippen molar-refractivity contribution in [2.75, 3.05) is 27.9 Å². The van der Waals surface area contributed by atoms with E-state index in [-0.39, 0.29) is 18.8 Å². The summed E-state index contributed by atoms with van der Waals surface area (Å²) in [6.45, 7) is 1.95. The summed E-state index contributed by atoms with van der Waals surface area (Å²) >= 11 is 0. The molecule has 1 atom stereocenters. The van der Waals surface area contributed by atoms with Crippen LogP contribution >= 0.6 is 0 Å². The molecule has 0 radical (unpaired) electrons. The Balaban J connectivity index is 2.10. The average molecular weight is 432 g/mol. The van der Waals surface area contributed by atoms with Gasteiger partial charge in [-0.1, -0.05) is 25.5 Å². The molecule has 0 aliphatic carbocycles. The molecule has 0 amide bonds. The molecule has 0 saturated heterocycles. The largest absolute Gasteiger partial charge is 0.493 e. The maximum absolute atomic E-state index is 12.9. The summed E-state index contributed by atoms with van der Waals surface area (Å²) in [4.78, 5) is 12.9. The molecule has 0 spiro atoms. The van der Waals surface area contributed by atoms with Crippen molar-refractivity contribution in [3.05, 3.63) is 47.5 Å². The number of hydrogen-bond acceptors (Lipinski definition) is 7. The predicted molar refractivity (Wildman–Crippen MR) is 119 cm³/mol. The number of nitrogens with two attached hydrogens (primary N) is 1. The van der Waals surface area contributed by atoms with Crippen LogP contribution in [0, 0.1) is 0 Å². The van der Waals surface area contributed by atoms with E-state index in [9.17, 15) is 9.90 Å². The van der Waals surface area contributed by atoms with Gasteiger partial charge in [-0.25, -0.2) is 0 Å². The fraction of sp³-hybridized carbons (Fsp3) is 0.458. The zero-order chi connectivity index (χ0) is 22.9. The summed E-state index contributed by atoms with van der Waals surface area (Å²) in [5, 5.41) is 10.3. The van der Waals surface area contributed by atoms with Crippen LogP contribution in [-0.4, -0.2) is 44.6 Å². The smallest absolute Gasteiger partial charge is 0.203 e. The van der Waals surface area contributed by atoms with Gasteiger partial charge in [0, 0.05) is 6.42 Å². The van der Waals surface area contributed by atoms with Gasteiger partial charge in [0.15, 0.2) is 17.3 Å². The highest BCUT2D eigenvalue weighted by atomic mass is 16.5. The van der Waals surface area contributed by atoms with Gasteiger partial charge in [0.05, 0.1) is 26.9 Å². The van der Waals surface area contributed by atoms with Gasteiger partial charge in [-0.05, 0) is 49.1 Å². The molecule has 0 heterocycles. The van der Waals surface area contributed by atoms with Crippen molar-refractivity contribution in [2.24, 2.45) is 5.73 Å². The lowest BCUT2D eigenvalue weighted by Crippen LogP contribution is -2.45. The minimum absolute atomic E-state index is 0.0709. The Labute approximate surface area is 184 Å². The van der Waals surface area contributed by atoms with Crippen molar-refractivity contribution in [1.82, 2.24) is 0 Å². The second kappa shape index (κ2) is 11.6. The SMILES string of the molecule is CCCCC(N)(O)COc1ccccc1C(=O)CCc1cc(OC)c(OC)c(OC)c1. The fourth-order valence-electron chi connectivity index (χ4n) is 3.25. The van der Waals surface area contributed by atoms with Gasteiger partial charge < -0.3 is 29.8 Å². The third-order valence-corrected chi connectivity index (χ3v) is 4.99. The number of methoxy groups -OCH3 is 3. The molecule has 170 valence electrons. The Hall–Kier alpha value is -2.77. The second-order valence-corrected chi connectivity index (χ2v) is 7.45. The third-order valence-electron chi connectivity index (χ3n) is 4.99. The molecule has 0 saturated carbocycles. The number of carbonyl (C=O) groups is 1. The van der Waals surface area contributed by atoms with Crippen molar-refractivity contribution in [1.29, 1.82) is 0 Å². The maximum Gasteiger partial charge on any atom is 0.203 e. The topological polar surface area (TPSA) is 100 Å². The molecule has 7 nitrogen and oxygen atoms in total. The van der Waals surface area contributed by atoms with Gasteiger partial charge in [0.25, 0.3) is 0 Å². The van der Waals surface area contributed by atoms with Crippen molar-refractivity contribution in [2.45, 2.75) is 44.8 Å². The highest BCUT2D eigenvalue weighted by Gasteiger charge is 2.23. The summed E-state index contributed by atoms with van der Waals surface area (Å²) < 4.78 is 21.8. The summed E-state index contributed by atoms with van der Waals surface area (Å²) in [6, 6.07) is 10.7. The van der Waals surface area contributed by atoms with Crippen molar-refractivity contribution in [3.8, 4) is 23.0 Å². The predicted octanol–water partition coefficient (Wildman–Crippen LogP) is 3.74. The van der Waals surface area contributed by atoms with E-state index < -0.39 is 5.72 Å². The lowest BCUT2D eigenvalue weighted by molar-refractivity contribution is -0.00855. The molecular formula is C24H33NO6. The van der Waals surface area contributed by atoms with Crippen molar-refractivity contribution in [3.63, 3.8) is 0 Å². The quantitative estimate of drug-likeness (QED) is 0.368. The number of hydrogen-bond donors (Lipinski definition) is 2. The Morgan fingerprint density at radius 1 is 1.03 bits per heavy atom.